The predicted octanol–water partition coefficient (Wildman–Crippen LogP) is 5.92. The minimum atomic E-state index is -3.08. The molecule has 0 radical (unpaired) electrons. The van der Waals surface area contributed by atoms with Crippen LogP contribution in [-0.4, -0.2) is 39.1 Å². The molecule has 2 aromatic carbocycles. The number of aryl methyl sites for hydroxylation is 1. The fraction of sp³-hybridized carbons (Fsp3) is 0.269. The summed E-state index contributed by atoms with van der Waals surface area (Å²) in [6.07, 6.45) is 4.52. The van der Waals surface area contributed by atoms with Gasteiger partial charge in [0.15, 0.2) is 6.61 Å². The van der Waals surface area contributed by atoms with Crippen molar-refractivity contribution in [2.24, 2.45) is 0 Å². The third-order valence-corrected chi connectivity index (χ3v) is 6.43. The lowest BCUT2D eigenvalue weighted by molar-refractivity contribution is -0.139. The number of hydrogen-bond donors (Lipinski definition) is 1. The number of rotatable bonds is 9. The maximum atomic E-state index is 13.3. The predicted molar refractivity (Wildman–Crippen MR) is 130 cm³/mol. The van der Waals surface area contributed by atoms with Gasteiger partial charge in [-0.2, -0.15) is 13.9 Å². The first-order valence-electron chi connectivity index (χ1n) is 11.4. The van der Waals surface area contributed by atoms with Gasteiger partial charge in [-0.3, -0.25) is 0 Å². The third-order valence-electron chi connectivity index (χ3n) is 6.13. The number of carbonyl (C=O) groups is 1. The van der Waals surface area contributed by atoms with Crippen molar-refractivity contribution < 1.29 is 28.2 Å². The number of ether oxygens (including phenoxy) is 2. The summed E-state index contributed by atoms with van der Waals surface area (Å²) < 4.78 is 38.6. The SMILES string of the molecule is Cc1c(Cc2ccc(-n3ccc(C4CC4)n3)cc2)c(OC(F)F)nc2c(Cl)ccc(OCC(=O)O)c12. The van der Waals surface area contributed by atoms with Gasteiger partial charge < -0.3 is 14.6 Å². The van der Waals surface area contributed by atoms with Crippen LogP contribution >= 0.6 is 11.6 Å². The van der Waals surface area contributed by atoms with Crippen LogP contribution in [0.1, 0.15) is 41.1 Å². The summed E-state index contributed by atoms with van der Waals surface area (Å²) in [5.41, 5.74) is 3.99. The van der Waals surface area contributed by atoms with Gasteiger partial charge in [0.25, 0.3) is 0 Å². The van der Waals surface area contributed by atoms with Crippen LogP contribution < -0.4 is 9.47 Å². The summed E-state index contributed by atoms with van der Waals surface area (Å²) >= 11 is 6.30. The Kier molecular flexibility index (Phi) is 6.49. The molecule has 0 amide bonds. The van der Waals surface area contributed by atoms with Crippen molar-refractivity contribution in [3.63, 3.8) is 0 Å². The van der Waals surface area contributed by atoms with Crippen LogP contribution in [0, 0.1) is 6.92 Å². The van der Waals surface area contributed by atoms with E-state index in [0.29, 0.717) is 22.4 Å². The molecular formula is C26H22ClF2N3O4. The first-order valence-corrected chi connectivity index (χ1v) is 11.7. The summed E-state index contributed by atoms with van der Waals surface area (Å²) in [5, 5.41) is 14.3. The molecule has 2 aromatic heterocycles. The minimum Gasteiger partial charge on any atom is -0.481 e. The molecule has 1 aliphatic rings. The van der Waals surface area contributed by atoms with E-state index in [1.54, 1.807) is 6.92 Å². The normalized spacial score (nSPS) is 13.4. The Morgan fingerprint density at radius 3 is 2.61 bits per heavy atom. The minimum absolute atomic E-state index is 0.192. The molecule has 1 N–H and O–H groups in total. The lowest BCUT2D eigenvalue weighted by Crippen LogP contribution is -2.11. The Bertz CT molecular complexity index is 1440. The highest BCUT2D eigenvalue weighted by Crippen LogP contribution is 2.40. The quantitative estimate of drug-likeness (QED) is 0.299. The van der Waals surface area contributed by atoms with E-state index in [-0.39, 0.29) is 28.6 Å². The standard InChI is InChI=1S/C26H22ClF2N3O4/c1-14-18(12-15-2-6-17(7-3-15)32-11-10-20(31-32)16-4-5-16)25(36-26(28)29)30-24-19(27)8-9-21(23(14)24)35-13-22(33)34/h2-3,6-11,16,26H,4-5,12-13H2,1H3,(H,33,34). The van der Waals surface area contributed by atoms with Crippen molar-refractivity contribution in [1.82, 2.24) is 14.8 Å². The Balaban J connectivity index is 1.52. The number of aromatic nitrogens is 3. The van der Waals surface area contributed by atoms with E-state index >= 15 is 0 Å². The first kappa shape index (κ1) is 24.0. The van der Waals surface area contributed by atoms with Crippen molar-refractivity contribution in [2.45, 2.75) is 38.7 Å². The summed E-state index contributed by atoms with van der Waals surface area (Å²) in [4.78, 5) is 15.3. The lowest BCUT2D eigenvalue weighted by atomic mass is 9.97. The van der Waals surface area contributed by atoms with Gasteiger partial charge in [0.1, 0.15) is 5.75 Å². The maximum absolute atomic E-state index is 13.3. The lowest BCUT2D eigenvalue weighted by Gasteiger charge is -2.18. The zero-order valence-corrected chi connectivity index (χ0v) is 20.0. The van der Waals surface area contributed by atoms with E-state index in [4.69, 9.17) is 26.2 Å². The van der Waals surface area contributed by atoms with Gasteiger partial charge in [0, 0.05) is 29.5 Å². The molecule has 2 heterocycles. The van der Waals surface area contributed by atoms with Gasteiger partial charge in [0.05, 0.1) is 21.9 Å². The van der Waals surface area contributed by atoms with Crippen molar-refractivity contribution >= 4 is 28.5 Å². The zero-order valence-electron chi connectivity index (χ0n) is 19.2. The molecule has 1 aliphatic carbocycles. The molecule has 0 spiro atoms. The van der Waals surface area contributed by atoms with Crippen LogP contribution in [0.15, 0.2) is 48.7 Å². The Morgan fingerprint density at radius 1 is 1.19 bits per heavy atom. The first-order chi connectivity index (χ1) is 17.3. The molecule has 186 valence electrons. The molecule has 7 nitrogen and oxygen atoms in total. The van der Waals surface area contributed by atoms with Crippen molar-refractivity contribution in [3.8, 4) is 17.3 Å². The molecule has 4 aromatic rings. The van der Waals surface area contributed by atoms with Gasteiger partial charge >= 0.3 is 12.6 Å². The average molecular weight is 514 g/mol. The topological polar surface area (TPSA) is 86.5 Å². The van der Waals surface area contributed by atoms with Gasteiger partial charge in [0.2, 0.25) is 5.88 Å². The highest BCUT2D eigenvalue weighted by molar-refractivity contribution is 6.35. The number of carboxylic acids is 1. The number of nitrogens with zero attached hydrogens (tertiary/aromatic N) is 3. The number of fused-ring (bicyclic) bond motifs is 1. The van der Waals surface area contributed by atoms with Crippen LogP contribution in [0.25, 0.3) is 16.6 Å². The molecule has 0 atom stereocenters. The van der Waals surface area contributed by atoms with Crippen LogP contribution in [0.4, 0.5) is 8.78 Å². The molecule has 1 fully saturated rings. The molecule has 0 unspecified atom stereocenters. The fourth-order valence-corrected chi connectivity index (χ4v) is 4.40. The number of halogens is 3. The van der Waals surface area contributed by atoms with Gasteiger partial charge in [-0.05, 0) is 61.2 Å². The maximum Gasteiger partial charge on any atom is 0.388 e. The van der Waals surface area contributed by atoms with Crippen LogP contribution in [0.3, 0.4) is 0 Å². The number of aliphatic carboxylic acids is 1. The van der Waals surface area contributed by atoms with Crippen LogP contribution in [0.2, 0.25) is 5.02 Å². The van der Waals surface area contributed by atoms with Gasteiger partial charge in [-0.1, -0.05) is 23.7 Å². The molecular weight excluding hydrogens is 492 g/mol. The van der Waals surface area contributed by atoms with E-state index in [1.165, 1.54) is 25.0 Å². The number of alkyl halides is 2. The summed E-state index contributed by atoms with van der Waals surface area (Å²) in [6.45, 7) is -1.93. The monoisotopic (exact) mass is 513 g/mol. The van der Waals surface area contributed by atoms with Gasteiger partial charge in [-0.15, -0.1) is 0 Å². The van der Waals surface area contributed by atoms with Crippen molar-refractivity contribution in [3.05, 3.63) is 76.1 Å². The molecule has 10 heteroatoms. The number of hydrogen-bond acceptors (Lipinski definition) is 5. The molecule has 0 bridgehead atoms. The summed E-state index contributed by atoms with van der Waals surface area (Å²) in [6, 6.07) is 12.6. The summed E-state index contributed by atoms with van der Waals surface area (Å²) in [5.74, 6) is -0.590. The molecule has 0 aliphatic heterocycles. The molecule has 1 saturated carbocycles. The van der Waals surface area contributed by atoms with E-state index in [9.17, 15) is 13.6 Å². The zero-order chi connectivity index (χ0) is 25.4. The van der Waals surface area contributed by atoms with Crippen LogP contribution in [0.5, 0.6) is 11.6 Å². The third kappa shape index (κ3) is 4.97. The van der Waals surface area contributed by atoms with E-state index in [0.717, 1.165) is 16.9 Å². The Labute approximate surface area is 210 Å². The van der Waals surface area contributed by atoms with E-state index in [1.807, 2.05) is 41.2 Å². The second-order valence-corrected chi connectivity index (χ2v) is 9.06. The Hall–Kier alpha value is -3.72. The fourth-order valence-electron chi connectivity index (χ4n) is 4.20. The highest BCUT2D eigenvalue weighted by atomic mass is 35.5. The molecule has 5 rings (SSSR count). The molecule has 0 saturated heterocycles. The van der Waals surface area contributed by atoms with E-state index in [2.05, 4.69) is 10.1 Å². The van der Waals surface area contributed by atoms with Gasteiger partial charge in [-0.25, -0.2) is 14.5 Å². The smallest absolute Gasteiger partial charge is 0.388 e. The number of carboxylic acid groups (broad SMARTS) is 1. The average Bonchev–Trinajstić information content (AvgIpc) is 3.58. The second-order valence-electron chi connectivity index (χ2n) is 8.65. The van der Waals surface area contributed by atoms with E-state index < -0.39 is 19.2 Å². The Morgan fingerprint density at radius 2 is 1.94 bits per heavy atom. The summed E-state index contributed by atoms with van der Waals surface area (Å²) in [7, 11) is 0. The van der Waals surface area contributed by atoms with Crippen LogP contribution in [-0.2, 0) is 11.2 Å². The molecule has 36 heavy (non-hydrogen) atoms. The largest absolute Gasteiger partial charge is 0.481 e. The van der Waals surface area contributed by atoms with Crippen molar-refractivity contribution in [1.29, 1.82) is 0 Å². The van der Waals surface area contributed by atoms with Crippen molar-refractivity contribution in [2.75, 3.05) is 6.61 Å². The second kappa shape index (κ2) is 9.73. The highest BCUT2D eigenvalue weighted by Gasteiger charge is 2.26. The number of benzene rings is 2. The number of pyridine rings is 1.